The highest BCUT2D eigenvalue weighted by atomic mass is 16.2. The van der Waals surface area contributed by atoms with Gasteiger partial charge in [0.15, 0.2) is 0 Å². The van der Waals surface area contributed by atoms with E-state index in [9.17, 15) is 4.79 Å². The summed E-state index contributed by atoms with van der Waals surface area (Å²) in [4.78, 5) is 19.2. The number of carbonyl (C=O) groups is 1. The zero-order valence-corrected chi connectivity index (χ0v) is 14.0. The maximum atomic E-state index is 12.5. The Hall–Kier alpha value is -2.20. The molecule has 1 amide bonds. The lowest BCUT2D eigenvalue weighted by Crippen LogP contribution is -2.41. The first-order chi connectivity index (χ1) is 11.8. The third-order valence-corrected chi connectivity index (χ3v) is 4.59. The van der Waals surface area contributed by atoms with Crippen molar-refractivity contribution in [3.05, 3.63) is 60.4 Å². The Morgan fingerprint density at radius 3 is 2.50 bits per heavy atom. The van der Waals surface area contributed by atoms with Gasteiger partial charge in [0.25, 0.3) is 0 Å². The van der Waals surface area contributed by atoms with E-state index in [4.69, 9.17) is 0 Å². The summed E-state index contributed by atoms with van der Waals surface area (Å²) in [5.74, 6) is 0.0442. The second kappa shape index (κ2) is 8.60. The first-order valence-electron chi connectivity index (χ1n) is 8.80. The molecule has 3 rings (SSSR count). The van der Waals surface area contributed by atoms with Crippen molar-refractivity contribution in [1.29, 1.82) is 0 Å². The summed E-state index contributed by atoms with van der Waals surface area (Å²) in [6, 6.07) is 16.1. The fourth-order valence-corrected chi connectivity index (χ4v) is 3.37. The number of rotatable bonds is 6. The summed E-state index contributed by atoms with van der Waals surface area (Å²) in [5.41, 5.74) is 1.87. The highest BCUT2D eigenvalue weighted by molar-refractivity contribution is 5.92. The molecule has 1 aromatic heterocycles. The Labute approximate surface area is 143 Å². The average Bonchev–Trinajstić information content (AvgIpc) is 2.63. The number of anilines is 1. The van der Waals surface area contributed by atoms with Gasteiger partial charge in [0.2, 0.25) is 5.91 Å². The van der Waals surface area contributed by atoms with Crippen molar-refractivity contribution >= 4 is 11.6 Å². The van der Waals surface area contributed by atoms with Crippen LogP contribution < -0.4 is 5.32 Å². The number of pyridine rings is 1. The van der Waals surface area contributed by atoms with E-state index in [0.717, 1.165) is 17.9 Å². The second-order valence-corrected chi connectivity index (χ2v) is 6.43. The number of nitrogens with zero attached hydrogens (tertiary/aromatic N) is 2. The van der Waals surface area contributed by atoms with Gasteiger partial charge in [-0.25, -0.2) is 0 Å². The minimum absolute atomic E-state index is 0.0442. The van der Waals surface area contributed by atoms with Crippen LogP contribution in [0.15, 0.2) is 54.7 Å². The molecule has 0 unspecified atom stereocenters. The van der Waals surface area contributed by atoms with Crippen molar-refractivity contribution in [3.8, 4) is 0 Å². The smallest absolute Gasteiger partial charge is 0.238 e. The van der Waals surface area contributed by atoms with Gasteiger partial charge in [-0.2, -0.15) is 0 Å². The van der Waals surface area contributed by atoms with Crippen LogP contribution in [-0.2, 0) is 11.3 Å². The van der Waals surface area contributed by atoms with Gasteiger partial charge in [0.05, 0.1) is 12.2 Å². The summed E-state index contributed by atoms with van der Waals surface area (Å²) in [7, 11) is 0. The van der Waals surface area contributed by atoms with Crippen molar-refractivity contribution in [1.82, 2.24) is 9.88 Å². The van der Waals surface area contributed by atoms with Gasteiger partial charge < -0.3 is 5.32 Å². The van der Waals surface area contributed by atoms with Crippen molar-refractivity contribution in [3.63, 3.8) is 0 Å². The number of nitrogens with one attached hydrogen (secondary N) is 1. The Morgan fingerprint density at radius 1 is 1.04 bits per heavy atom. The minimum Gasteiger partial charge on any atom is -0.325 e. The third-order valence-electron chi connectivity index (χ3n) is 4.59. The van der Waals surface area contributed by atoms with Gasteiger partial charge in [-0.3, -0.25) is 14.7 Å². The number of benzene rings is 1. The molecule has 0 saturated heterocycles. The van der Waals surface area contributed by atoms with E-state index in [1.807, 2.05) is 54.7 Å². The number of hydrogen-bond donors (Lipinski definition) is 1. The Kier molecular flexibility index (Phi) is 5.96. The van der Waals surface area contributed by atoms with Crippen LogP contribution >= 0.6 is 0 Å². The molecule has 0 bridgehead atoms. The first kappa shape index (κ1) is 16.7. The van der Waals surface area contributed by atoms with Gasteiger partial charge in [-0.1, -0.05) is 43.5 Å². The van der Waals surface area contributed by atoms with E-state index in [1.165, 1.54) is 32.1 Å². The summed E-state index contributed by atoms with van der Waals surface area (Å²) in [6.45, 7) is 1.14. The van der Waals surface area contributed by atoms with Gasteiger partial charge in [0, 0.05) is 24.5 Å². The minimum atomic E-state index is 0.0442. The second-order valence-electron chi connectivity index (χ2n) is 6.43. The van der Waals surface area contributed by atoms with E-state index in [2.05, 4.69) is 15.2 Å². The maximum absolute atomic E-state index is 12.5. The van der Waals surface area contributed by atoms with Crippen LogP contribution in [0.25, 0.3) is 0 Å². The lowest BCUT2D eigenvalue weighted by molar-refractivity contribution is -0.118. The molecule has 2 aromatic rings. The molecule has 1 N–H and O–H groups in total. The quantitative estimate of drug-likeness (QED) is 0.878. The molecule has 4 nitrogen and oxygen atoms in total. The lowest BCUT2D eigenvalue weighted by atomic mass is 9.94. The van der Waals surface area contributed by atoms with Crippen molar-refractivity contribution in [2.45, 2.75) is 44.7 Å². The van der Waals surface area contributed by atoms with Gasteiger partial charge in [-0.15, -0.1) is 0 Å². The highest BCUT2D eigenvalue weighted by Crippen LogP contribution is 2.23. The van der Waals surface area contributed by atoms with Crippen LogP contribution in [-0.4, -0.2) is 28.4 Å². The molecule has 1 aliphatic rings. The zero-order valence-electron chi connectivity index (χ0n) is 14.0. The summed E-state index contributed by atoms with van der Waals surface area (Å²) < 4.78 is 0. The fraction of sp³-hybridized carbons (Fsp3) is 0.400. The molecule has 0 atom stereocenters. The maximum Gasteiger partial charge on any atom is 0.238 e. The summed E-state index contributed by atoms with van der Waals surface area (Å²) in [6.07, 6.45) is 7.98. The molecule has 0 aliphatic heterocycles. The zero-order chi connectivity index (χ0) is 16.6. The number of carbonyl (C=O) groups excluding carboxylic acids is 1. The standard InChI is InChI=1S/C20H25N3O/c24-20(22-17-9-3-1-4-10-17)16-23(19-12-5-2-6-13-19)15-18-11-7-8-14-21-18/h1,3-4,7-11,14,19H,2,5-6,12-13,15-16H2,(H,22,24). The number of para-hydroxylation sites is 1. The van der Waals surface area contributed by atoms with E-state index in [1.54, 1.807) is 0 Å². The lowest BCUT2D eigenvalue weighted by Gasteiger charge is -2.33. The number of amides is 1. The van der Waals surface area contributed by atoms with Gasteiger partial charge in [-0.05, 0) is 37.1 Å². The molecular weight excluding hydrogens is 298 g/mol. The van der Waals surface area contributed by atoms with Crippen LogP contribution in [0.3, 0.4) is 0 Å². The molecule has 1 aromatic carbocycles. The van der Waals surface area contributed by atoms with Crippen LogP contribution in [0, 0.1) is 0 Å². The Bertz CT molecular complexity index is 624. The van der Waals surface area contributed by atoms with Crippen molar-refractivity contribution in [2.75, 3.05) is 11.9 Å². The van der Waals surface area contributed by atoms with Crippen molar-refractivity contribution in [2.24, 2.45) is 0 Å². The van der Waals surface area contributed by atoms with Crippen LogP contribution in [0.5, 0.6) is 0 Å². The van der Waals surface area contributed by atoms with E-state index < -0.39 is 0 Å². The number of aromatic nitrogens is 1. The SMILES string of the molecule is O=C(CN(Cc1ccccn1)C1CCCCC1)Nc1ccccc1. The third kappa shape index (κ3) is 4.90. The topological polar surface area (TPSA) is 45.2 Å². The molecule has 0 radical (unpaired) electrons. The van der Waals surface area contributed by atoms with E-state index in [0.29, 0.717) is 12.6 Å². The fourth-order valence-electron chi connectivity index (χ4n) is 3.37. The van der Waals surface area contributed by atoms with Gasteiger partial charge >= 0.3 is 0 Å². The molecule has 0 spiro atoms. The van der Waals surface area contributed by atoms with E-state index in [-0.39, 0.29) is 5.91 Å². The van der Waals surface area contributed by atoms with E-state index >= 15 is 0 Å². The first-order valence-corrected chi connectivity index (χ1v) is 8.80. The van der Waals surface area contributed by atoms with Gasteiger partial charge in [0.1, 0.15) is 0 Å². The average molecular weight is 323 g/mol. The summed E-state index contributed by atoms with van der Waals surface area (Å²) >= 11 is 0. The molecule has 126 valence electrons. The predicted molar refractivity (Wildman–Crippen MR) is 96.6 cm³/mol. The summed E-state index contributed by atoms with van der Waals surface area (Å²) in [5, 5.41) is 3.00. The predicted octanol–water partition coefficient (Wildman–Crippen LogP) is 3.86. The van der Waals surface area contributed by atoms with Crippen molar-refractivity contribution < 1.29 is 4.79 Å². The molecule has 1 fully saturated rings. The monoisotopic (exact) mass is 323 g/mol. The molecule has 1 saturated carbocycles. The highest BCUT2D eigenvalue weighted by Gasteiger charge is 2.23. The largest absolute Gasteiger partial charge is 0.325 e. The van der Waals surface area contributed by atoms with Crippen LogP contribution in [0.4, 0.5) is 5.69 Å². The molecule has 1 aliphatic carbocycles. The van der Waals surface area contributed by atoms with Crippen LogP contribution in [0.2, 0.25) is 0 Å². The normalized spacial score (nSPS) is 15.4. The number of hydrogen-bond acceptors (Lipinski definition) is 3. The molecule has 1 heterocycles. The molecule has 4 heteroatoms. The molecule has 24 heavy (non-hydrogen) atoms. The van der Waals surface area contributed by atoms with Crippen LogP contribution in [0.1, 0.15) is 37.8 Å². The Balaban J connectivity index is 1.65. The Morgan fingerprint density at radius 2 is 1.79 bits per heavy atom. The molecular formula is C20H25N3O.